The molecule has 1 amide bonds. The SMILES string of the molecule is O=C([O-])[C@@H]1[C@H](C(=O)Nc2ccc(F)c(F)c2F)[C@H]2C=C[C@H]1C2. The molecule has 2 aliphatic rings. The van der Waals surface area contributed by atoms with Crippen molar-refractivity contribution in [1.82, 2.24) is 0 Å². The van der Waals surface area contributed by atoms with Crippen LogP contribution in [-0.4, -0.2) is 11.9 Å². The molecule has 1 fully saturated rings. The Morgan fingerprint density at radius 1 is 1.05 bits per heavy atom. The first-order valence-electron chi connectivity index (χ1n) is 6.73. The number of amides is 1. The van der Waals surface area contributed by atoms with Crippen molar-refractivity contribution in [2.75, 3.05) is 5.32 Å². The molecule has 2 bridgehead atoms. The second-order valence-electron chi connectivity index (χ2n) is 5.53. The molecule has 7 heteroatoms. The van der Waals surface area contributed by atoms with Crippen LogP contribution < -0.4 is 10.4 Å². The Morgan fingerprint density at radius 2 is 1.68 bits per heavy atom. The van der Waals surface area contributed by atoms with Gasteiger partial charge < -0.3 is 15.2 Å². The van der Waals surface area contributed by atoms with Crippen molar-refractivity contribution in [2.24, 2.45) is 23.7 Å². The predicted octanol–water partition coefficient (Wildman–Crippen LogP) is 1.23. The van der Waals surface area contributed by atoms with Crippen LogP contribution in [0.3, 0.4) is 0 Å². The van der Waals surface area contributed by atoms with Crippen molar-refractivity contribution in [3.63, 3.8) is 0 Å². The zero-order valence-corrected chi connectivity index (χ0v) is 11.2. The highest BCUT2D eigenvalue weighted by molar-refractivity contribution is 5.96. The maximum atomic E-state index is 13.6. The van der Waals surface area contributed by atoms with Crippen LogP contribution in [0, 0.1) is 41.1 Å². The molecular weight excluding hydrogens is 299 g/mol. The molecule has 0 saturated heterocycles. The van der Waals surface area contributed by atoms with Crippen molar-refractivity contribution in [2.45, 2.75) is 6.42 Å². The van der Waals surface area contributed by atoms with Crippen molar-refractivity contribution in [1.29, 1.82) is 0 Å². The average molecular weight is 310 g/mol. The van der Waals surface area contributed by atoms with Gasteiger partial charge in [0.1, 0.15) is 0 Å². The molecule has 1 N–H and O–H groups in total. The number of carbonyl (C=O) groups is 2. The van der Waals surface area contributed by atoms with Gasteiger partial charge in [-0.25, -0.2) is 13.2 Å². The van der Waals surface area contributed by atoms with Gasteiger partial charge >= 0.3 is 0 Å². The van der Waals surface area contributed by atoms with E-state index in [4.69, 9.17) is 0 Å². The first-order chi connectivity index (χ1) is 10.4. The summed E-state index contributed by atoms with van der Waals surface area (Å²) < 4.78 is 39.6. The number of allylic oxidation sites excluding steroid dienone is 2. The fraction of sp³-hybridized carbons (Fsp3) is 0.333. The van der Waals surface area contributed by atoms with Gasteiger partial charge in [0.25, 0.3) is 0 Å². The number of rotatable bonds is 3. The van der Waals surface area contributed by atoms with Gasteiger partial charge in [-0.05, 0) is 30.4 Å². The normalized spacial score (nSPS) is 28.9. The van der Waals surface area contributed by atoms with Gasteiger partial charge in [0.05, 0.1) is 11.6 Å². The van der Waals surface area contributed by atoms with Crippen LogP contribution in [0.1, 0.15) is 6.42 Å². The third-order valence-corrected chi connectivity index (χ3v) is 4.33. The molecule has 0 radical (unpaired) electrons. The Kier molecular flexibility index (Phi) is 3.42. The lowest BCUT2D eigenvalue weighted by atomic mass is 9.82. The molecule has 1 saturated carbocycles. The molecule has 4 nitrogen and oxygen atoms in total. The molecule has 116 valence electrons. The Balaban J connectivity index is 1.85. The monoisotopic (exact) mass is 310 g/mol. The van der Waals surface area contributed by atoms with E-state index in [2.05, 4.69) is 5.32 Å². The van der Waals surface area contributed by atoms with Crippen molar-refractivity contribution < 1.29 is 27.9 Å². The van der Waals surface area contributed by atoms with Gasteiger partial charge in [0.15, 0.2) is 17.5 Å². The van der Waals surface area contributed by atoms with Crippen LogP contribution in [0.25, 0.3) is 0 Å². The quantitative estimate of drug-likeness (QED) is 0.674. The molecule has 1 aromatic rings. The topological polar surface area (TPSA) is 69.2 Å². The largest absolute Gasteiger partial charge is 0.550 e. The summed E-state index contributed by atoms with van der Waals surface area (Å²) in [7, 11) is 0. The lowest BCUT2D eigenvalue weighted by Gasteiger charge is -2.27. The number of hydrogen-bond donors (Lipinski definition) is 1. The first kappa shape index (κ1) is 14.6. The highest BCUT2D eigenvalue weighted by Gasteiger charge is 2.48. The molecule has 3 rings (SSSR count). The minimum absolute atomic E-state index is 0.277. The van der Waals surface area contributed by atoms with Gasteiger partial charge in [-0.1, -0.05) is 12.2 Å². The Morgan fingerprint density at radius 3 is 2.32 bits per heavy atom. The van der Waals surface area contributed by atoms with Gasteiger partial charge in [0, 0.05) is 11.9 Å². The maximum Gasteiger partial charge on any atom is 0.228 e. The van der Waals surface area contributed by atoms with E-state index in [1.165, 1.54) is 0 Å². The van der Waals surface area contributed by atoms with Crippen LogP contribution >= 0.6 is 0 Å². The number of carbonyl (C=O) groups excluding carboxylic acids is 2. The standard InChI is InChI=1S/C15H12F3NO3/c16-8-3-4-9(13(18)12(8)17)19-14(20)10-6-1-2-7(5-6)11(10)15(21)22/h1-4,6-7,10-11H,5H2,(H,19,20)(H,21,22)/p-1/t6-,7-,10+,11-/m0/s1. The summed E-state index contributed by atoms with van der Waals surface area (Å²) in [5.41, 5.74) is -0.521. The molecular formula is C15H11F3NO3-. The summed E-state index contributed by atoms with van der Waals surface area (Å²) in [5.74, 6) is -9.14. The fourth-order valence-corrected chi connectivity index (χ4v) is 3.34. The molecule has 0 heterocycles. The number of carboxylic acid groups (broad SMARTS) is 1. The number of anilines is 1. The van der Waals surface area contributed by atoms with E-state index in [0.717, 1.165) is 6.07 Å². The molecule has 1 aromatic carbocycles. The molecule has 0 aromatic heterocycles. The Hall–Kier alpha value is -2.31. The first-order valence-corrected chi connectivity index (χ1v) is 6.73. The van der Waals surface area contributed by atoms with E-state index in [1.807, 2.05) is 0 Å². The number of fused-ring (bicyclic) bond motifs is 2. The van der Waals surface area contributed by atoms with E-state index in [1.54, 1.807) is 12.2 Å². The van der Waals surface area contributed by atoms with Gasteiger partial charge in [-0.3, -0.25) is 4.79 Å². The molecule has 0 aliphatic heterocycles. The third-order valence-electron chi connectivity index (χ3n) is 4.33. The second kappa shape index (κ2) is 5.15. The minimum Gasteiger partial charge on any atom is -0.550 e. The fourth-order valence-electron chi connectivity index (χ4n) is 3.34. The number of benzene rings is 1. The van der Waals surface area contributed by atoms with Gasteiger partial charge in [-0.15, -0.1) is 0 Å². The average Bonchev–Trinajstić information content (AvgIpc) is 3.08. The van der Waals surface area contributed by atoms with Crippen LogP contribution in [-0.2, 0) is 9.59 Å². The lowest BCUT2D eigenvalue weighted by molar-refractivity contribution is -0.313. The summed E-state index contributed by atoms with van der Waals surface area (Å²) in [6, 6.07) is 1.58. The maximum absolute atomic E-state index is 13.6. The number of hydrogen-bond acceptors (Lipinski definition) is 3. The Bertz CT molecular complexity index is 689. The molecule has 4 atom stereocenters. The van der Waals surface area contributed by atoms with Crippen molar-refractivity contribution >= 4 is 17.6 Å². The molecule has 0 spiro atoms. The molecule has 0 unspecified atom stereocenters. The van der Waals surface area contributed by atoms with E-state index in [9.17, 15) is 27.9 Å². The van der Waals surface area contributed by atoms with Crippen LogP contribution in [0.5, 0.6) is 0 Å². The van der Waals surface area contributed by atoms with Crippen LogP contribution in [0.2, 0.25) is 0 Å². The predicted molar refractivity (Wildman–Crippen MR) is 67.7 cm³/mol. The summed E-state index contributed by atoms with van der Waals surface area (Å²) in [6.45, 7) is 0. The van der Waals surface area contributed by atoms with E-state index in [0.29, 0.717) is 12.5 Å². The summed E-state index contributed by atoms with van der Waals surface area (Å²) in [6.07, 6.45) is 3.99. The zero-order valence-electron chi connectivity index (χ0n) is 11.2. The van der Waals surface area contributed by atoms with E-state index in [-0.39, 0.29) is 11.8 Å². The number of carboxylic acids is 1. The molecule has 2 aliphatic carbocycles. The smallest absolute Gasteiger partial charge is 0.228 e. The van der Waals surface area contributed by atoms with E-state index < -0.39 is 46.9 Å². The summed E-state index contributed by atoms with van der Waals surface area (Å²) in [5, 5.41) is 13.4. The van der Waals surface area contributed by atoms with Gasteiger partial charge in [-0.2, -0.15) is 0 Å². The van der Waals surface area contributed by atoms with Gasteiger partial charge in [0.2, 0.25) is 5.91 Å². The van der Waals surface area contributed by atoms with Crippen LogP contribution in [0.15, 0.2) is 24.3 Å². The zero-order chi connectivity index (χ0) is 16.0. The number of halogens is 3. The number of aliphatic carboxylic acids is 1. The third kappa shape index (κ3) is 2.17. The van der Waals surface area contributed by atoms with Crippen molar-refractivity contribution in [3.8, 4) is 0 Å². The van der Waals surface area contributed by atoms with Crippen LogP contribution in [0.4, 0.5) is 18.9 Å². The number of nitrogens with one attached hydrogen (secondary N) is 1. The highest BCUT2D eigenvalue weighted by atomic mass is 19.2. The van der Waals surface area contributed by atoms with Crippen molar-refractivity contribution in [3.05, 3.63) is 41.7 Å². The highest BCUT2D eigenvalue weighted by Crippen LogP contribution is 2.48. The van der Waals surface area contributed by atoms with E-state index >= 15 is 0 Å². The minimum atomic E-state index is -1.69. The summed E-state index contributed by atoms with van der Waals surface area (Å²) >= 11 is 0. The molecule has 22 heavy (non-hydrogen) atoms. The Labute approximate surface area is 123 Å². The lowest BCUT2D eigenvalue weighted by Crippen LogP contribution is -2.43. The second-order valence-corrected chi connectivity index (χ2v) is 5.53. The summed E-state index contributed by atoms with van der Waals surface area (Å²) in [4.78, 5) is 23.5.